The first-order valence-electron chi connectivity index (χ1n) is 6.56. The van der Waals surface area contributed by atoms with Gasteiger partial charge in [-0.1, -0.05) is 23.7 Å². The largest absolute Gasteiger partial charge is 0.390 e. The number of benzene rings is 1. The molecule has 1 aliphatic heterocycles. The van der Waals surface area contributed by atoms with Gasteiger partial charge in [-0.05, 0) is 24.1 Å². The molecule has 104 valence electrons. The second-order valence-electron chi connectivity index (χ2n) is 4.85. The van der Waals surface area contributed by atoms with Crippen molar-refractivity contribution >= 4 is 17.5 Å². The lowest BCUT2D eigenvalue weighted by atomic mass is 10.2. The number of carbonyl (C=O) groups is 1. The molecular weight excluding hydrogens is 264 g/mol. The van der Waals surface area contributed by atoms with Crippen molar-refractivity contribution in [2.24, 2.45) is 0 Å². The number of rotatable bonds is 6. The Morgan fingerprint density at radius 2 is 2.11 bits per heavy atom. The molecule has 0 spiro atoms. The number of aliphatic hydroxyl groups is 1. The molecule has 1 heterocycles. The van der Waals surface area contributed by atoms with Crippen LogP contribution in [-0.4, -0.2) is 41.7 Å². The first-order chi connectivity index (χ1) is 9.15. The van der Waals surface area contributed by atoms with Gasteiger partial charge < -0.3 is 15.3 Å². The molecule has 1 aromatic rings. The van der Waals surface area contributed by atoms with E-state index in [9.17, 15) is 9.90 Å². The Balaban J connectivity index is 1.67. The highest BCUT2D eigenvalue weighted by atomic mass is 35.5. The van der Waals surface area contributed by atoms with E-state index in [-0.39, 0.29) is 5.91 Å². The van der Waals surface area contributed by atoms with Crippen LogP contribution in [0.25, 0.3) is 0 Å². The highest BCUT2D eigenvalue weighted by molar-refractivity contribution is 6.30. The molecule has 0 saturated carbocycles. The van der Waals surface area contributed by atoms with E-state index in [1.54, 1.807) is 4.90 Å². The number of hydrogen-bond acceptors (Lipinski definition) is 3. The molecule has 1 atom stereocenters. The molecule has 1 amide bonds. The van der Waals surface area contributed by atoms with Gasteiger partial charge in [-0.15, -0.1) is 0 Å². The van der Waals surface area contributed by atoms with Crippen molar-refractivity contribution in [1.29, 1.82) is 0 Å². The Morgan fingerprint density at radius 3 is 2.74 bits per heavy atom. The Morgan fingerprint density at radius 1 is 1.37 bits per heavy atom. The molecule has 2 rings (SSSR count). The summed E-state index contributed by atoms with van der Waals surface area (Å²) >= 11 is 5.81. The average molecular weight is 283 g/mol. The van der Waals surface area contributed by atoms with Crippen molar-refractivity contribution in [2.45, 2.75) is 25.5 Å². The third-order valence-corrected chi connectivity index (χ3v) is 3.48. The first kappa shape index (κ1) is 14.3. The molecule has 1 fully saturated rings. The van der Waals surface area contributed by atoms with Crippen LogP contribution >= 0.6 is 11.6 Å². The minimum atomic E-state index is -0.519. The number of halogens is 1. The second-order valence-corrected chi connectivity index (χ2v) is 5.29. The minimum absolute atomic E-state index is 0.150. The van der Waals surface area contributed by atoms with Gasteiger partial charge in [0.05, 0.1) is 6.10 Å². The van der Waals surface area contributed by atoms with Crippen molar-refractivity contribution in [2.75, 3.05) is 19.6 Å². The fourth-order valence-corrected chi connectivity index (χ4v) is 2.33. The summed E-state index contributed by atoms with van der Waals surface area (Å²) < 4.78 is 0. The van der Waals surface area contributed by atoms with Crippen molar-refractivity contribution < 1.29 is 9.90 Å². The van der Waals surface area contributed by atoms with Gasteiger partial charge in [0.1, 0.15) is 0 Å². The lowest BCUT2D eigenvalue weighted by molar-refractivity contribution is -0.128. The number of β-amino-alcohol motifs (C(OH)–C–C–N with tert-alkyl or cyclic N) is 1. The van der Waals surface area contributed by atoms with Gasteiger partial charge in [0, 0.05) is 37.6 Å². The molecule has 0 radical (unpaired) electrons. The zero-order valence-electron chi connectivity index (χ0n) is 10.8. The number of amides is 1. The third kappa shape index (κ3) is 4.49. The number of hydrogen-bond donors (Lipinski definition) is 2. The van der Waals surface area contributed by atoms with Gasteiger partial charge in [-0.2, -0.15) is 0 Å². The summed E-state index contributed by atoms with van der Waals surface area (Å²) in [6.45, 7) is 2.36. The molecule has 0 aliphatic carbocycles. The van der Waals surface area contributed by atoms with Crippen LogP contribution < -0.4 is 5.32 Å². The number of likely N-dealkylation sites (tertiary alicyclic amines) is 1. The Hall–Kier alpha value is -1.10. The van der Waals surface area contributed by atoms with E-state index in [2.05, 4.69) is 5.32 Å². The zero-order chi connectivity index (χ0) is 13.7. The van der Waals surface area contributed by atoms with E-state index >= 15 is 0 Å². The molecule has 0 aromatic heterocycles. The van der Waals surface area contributed by atoms with Gasteiger partial charge >= 0.3 is 0 Å². The van der Waals surface area contributed by atoms with Gasteiger partial charge in [-0.3, -0.25) is 4.79 Å². The number of carbonyl (C=O) groups excluding carboxylic acids is 1. The lowest BCUT2D eigenvalue weighted by Crippen LogP contribution is -2.38. The summed E-state index contributed by atoms with van der Waals surface area (Å²) in [5.74, 6) is 0.150. The van der Waals surface area contributed by atoms with E-state index in [4.69, 9.17) is 11.6 Å². The predicted molar refractivity (Wildman–Crippen MR) is 75.0 cm³/mol. The molecule has 4 nitrogen and oxygen atoms in total. The van der Waals surface area contributed by atoms with Gasteiger partial charge in [0.2, 0.25) is 5.91 Å². The number of aliphatic hydroxyl groups excluding tert-OH is 1. The van der Waals surface area contributed by atoms with E-state index in [1.807, 2.05) is 24.3 Å². The standard InChI is InChI=1S/C14H19ClN2O2/c15-12-5-3-11(4-6-12)8-16-9-13(18)10-17-7-1-2-14(17)19/h3-6,13,16,18H,1-2,7-10H2/t13-/m0/s1. The second kappa shape index (κ2) is 6.89. The summed E-state index contributed by atoms with van der Waals surface area (Å²) in [4.78, 5) is 13.1. The molecule has 1 aliphatic rings. The van der Waals surface area contributed by atoms with Crippen LogP contribution in [0.1, 0.15) is 18.4 Å². The topological polar surface area (TPSA) is 52.6 Å². The van der Waals surface area contributed by atoms with Crippen LogP contribution in [0.2, 0.25) is 5.02 Å². The van der Waals surface area contributed by atoms with Crippen LogP contribution in [0, 0.1) is 0 Å². The Labute approximate surface area is 118 Å². The Kier molecular flexibility index (Phi) is 5.19. The molecule has 0 unspecified atom stereocenters. The normalized spacial score (nSPS) is 16.9. The fraction of sp³-hybridized carbons (Fsp3) is 0.500. The molecule has 1 aromatic carbocycles. The summed E-state index contributed by atoms with van der Waals surface area (Å²) in [6, 6.07) is 7.59. The molecule has 0 bridgehead atoms. The fourth-order valence-electron chi connectivity index (χ4n) is 2.20. The van der Waals surface area contributed by atoms with Crippen molar-refractivity contribution in [3.63, 3.8) is 0 Å². The van der Waals surface area contributed by atoms with Crippen LogP contribution in [0.4, 0.5) is 0 Å². The number of nitrogens with one attached hydrogen (secondary N) is 1. The predicted octanol–water partition coefficient (Wildman–Crippen LogP) is 1.41. The van der Waals surface area contributed by atoms with Crippen LogP contribution in [0.3, 0.4) is 0 Å². The number of nitrogens with zero attached hydrogens (tertiary/aromatic N) is 1. The summed E-state index contributed by atoms with van der Waals surface area (Å²) in [5.41, 5.74) is 1.12. The molecule has 2 N–H and O–H groups in total. The first-order valence-corrected chi connectivity index (χ1v) is 6.94. The highest BCUT2D eigenvalue weighted by Crippen LogP contribution is 2.10. The maximum atomic E-state index is 11.4. The summed E-state index contributed by atoms with van der Waals surface area (Å²) in [5, 5.41) is 13.8. The van der Waals surface area contributed by atoms with Gasteiger partial charge in [-0.25, -0.2) is 0 Å². The highest BCUT2D eigenvalue weighted by Gasteiger charge is 2.22. The van der Waals surface area contributed by atoms with Gasteiger partial charge in [0.25, 0.3) is 0 Å². The van der Waals surface area contributed by atoms with E-state index < -0.39 is 6.10 Å². The third-order valence-electron chi connectivity index (χ3n) is 3.22. The molecule has 5 heteroatoms. The maximum absolute atomic E-state index is 11.4. The van der Waals surface area contributed by atoms with Crippen LogP contribution in [0.5, 0.6) is 0 Å². The minimum Gasteiger partial charge on any atom is -0.390 e. The monoisotopic (exact) mass is 282 g/mol. The average Bonchev–Trinajstić information content (AvgIpc) is 2.78. The summed E-state index contributed by atoms with van der Waals surface area (Å²) in [7, 11) is 0. The maximum Gasteiger partial charge on any atom is 0.222 e. The van der Waals surface area contributed by atoms with Crippen LogP contribution in [-0.2, 0) is 11.3 Å². The Bertz CT molecular complexity index is 422. The van der Waals surface area contributed by atoms with Crippen molar-refractivity contribution in [3.05, 3.63) is 34.9 Å². The molecular formula is C14H19ClN2O2. The van der Waals surface area contributed by atoms with Crippen LogP contribution in [0.15, 0.2) is 24.3 Å². The smallest absolute Gasteiger partial charge is 0.222 e. The lowest BCUT2D eigenvalue weighted by Gasteiger charge is -2.20. The SMILES string of the molecule is O=C1CCCN1C[C@@H](O)CNCc1ccc(Cl)cc1. The van der Waals surface area contributed by atoms with E-state index in [0.717, 1.165) is 23.6 Å². The van der Waals surface area contributed by atoms with Crippen molar-refractivity contribution in [3.8, 4) is 0 Å². The van der Waals surface area contributed by atoms with Crippen molar-refractivity contribution in [1.82, 2.24) is 10.2 Å². The van der Waals surface area contributed by atoms with E-state index in [1.165, 1.54) is 0 Å². The summed E-state index contributed by atoms with van der Waals surface area (Å²) in [6.07, 6.45) is 1.00. The van der Waals surface area contributed by atoms with E-state index in [0.29, 0.717) is 26.1 Å². The quantitative estimate of drug-likeness (QED) is 0.830. The molecule has 19 heavy (non-hydrogen) atoms. The molecule has 1 saturated heterocycles. The van der Waals surface area contributed by atoms with Gasteiger partial charge in [0.15, 0.2) is 0 Å². The zero-order valence-corrected chi connectivity index (χ0v) is 11.6.